The van der Waals surface area contributed by atoms with E-state index in [0.717, 1.165) is 24.2 Å². The molecule has 1 amide bonds. The van der Waals surface area contributed by atoms with Crippen LogP contribution in [0.15, 0.2) is 34.9 Å². The SMILES string of the molecule is CCCOCc1ccccc1CNC(=O)c1cc(C)on1. The number of hydrogen-bond donors (Lipinski definition) is 1. The summed E-state index contributed by atoms with van der Waals surface area (Å²) in [5, 5.41) is 6.54. The number of nitrogens with zero attached hydrogens (tertiary/aromatic N) is 1. The lowest BCUT2D eigenvalue weighted by Crippen LogP contribution is -2.23. The largest absolute Gasteiger partial charge is 0.377 e. The predicted octanol–water partition coefficient (Wildman–Crippen LogP) is 2.84. The van der Waals surface area contributed by atoms with Gasteiger partial charge in [-0.15, -0.1) is 0 Å². The number of rotatable bonds is 7. The van der Waals surface area contributed by atoms with E-state index in [1.165, 1.54) is 0 Å². The summed E-state index contributed by atoms with van der Waals surface area (Å²) in [6.07, 6.45) is 0.990. The van der Waals surface area contributed by atoms with Crippen LogP contribution < -0.4 is 5.32 Å². The Morgan fingerprint density at radius 2 is 2.10 bits per heavy atom. The molecule has 0 atom stereocenters. The molecule has 0 saturated carbocycles. The van der Waals surface area contributed by atoms with Gasteiger partial charge in [0.2, 0.25) is 0 Å². The third kappa shape index (κ3) is 4.43. The van der Waals surface area contributed by atoms with E-state index >= 15 is 0 Å². The van der Waals surface area contributed by atoms with Gasteiger partial charge in [0.1, 0.15) is 5.76 Å². The van der Waals surface area contributed by atoms with E-state index in [9.17, 15) is 4.79 Å². The van der Waals surface area contributed by atoms with Crippen molar-refractivity contribution in [2.24, 2.45) is 0 Å². The van der Waals surface area contributed by atoms with E-state index < -0.39 is 0 Å². The zero-order valence-corrected chi connectivity index (χ0v) is 12.4. The zero-order chi connectivity index (χ0) is 15.1. The molecule has 112 valence electrons. The smallest absolute Gasteiger partial charge is 0.273 e. The molecule has 0 fully saturated rings. The minimum atomic E-state index is -0.240. The van der Waals surface area contributed by atoms with Crippen LogP contribution in [-0.4, -0.2) is 17.7 Å². The summed E-state index contributed by atoms with van der Waals surface area (Å²) >= 11 is 0. The molecule has 0 unspecified atom stereocenters. The highest BCUT2D eigenvalue weighted by atomic mass is 16.5. The van der Waals surface area contributed by atoms with E-state index in [4.69, 9.17) is 9.26 Å². The van der Waals surface area contributed by atoms with Crippen molar-refractivity contribution in [3.8, 4) is 0 Å². The van der Waals surface area contributed by atoms with E-state index in [1.807, 2.05) is 24.3 Å². The molecular weight excluding hydrogens is 268 g/mol. The van der Waals surface area contributed by atoms with Crippen molar-refractivity contribution in [3.05, 3.63) is 52.9 Å². The van der Waals surface area contributed by atoms with Gasteiger partial charge >= 0.3 is 0 Å². The molecule has 1 aromatic heterocycles. The first kappa shape index (κ1) is 15.3. The Balaban J connectivity index is 1.94. The fourth-order valence-corrected chi connectivity index (χ4v) is 1.94. The molecule has 0 aliphatic heterocycles. The number of benzene rings is 1. The highest BCUT2D eigenvalue weighted by Crippen LogP contribution is 2.11. The molecule has 1 heterocycles. The molecular formula is C16H20N2O3. The highest BCUT2D eigenvalue weighted by molar-refractivity contribution is 5.92. The lowest BCUT2D eigenvalue weighted by atomic mass is 10.1. The van der Waals surface area contributed by atoms with Gasteiger partial charge in [-0.05, 0) is 24.5 Å². The summed E-state index contributed by atoms with van der Waals surface area (Å²) < 4.78 is 10.5. The fraction of sp³-hybridized carbons (Fsp3) is 0.375. The molecule has 21 heavy (non-hydrogen) atoms. The topological polar surface area (TPSA) is 64.4 Å². The van der Waals surface area contributed by atoms with Crippen molar-refractivity contribution in [1.82, 2.24) is 10.5 Å². The first-order valence-corrected chi connectivity index (χ1v) is 7.06. The van der Waals surface area contributed by atoms with Crippen molar-refractivity contribution >= 4 is 5.91 Å². The minimum Gasteiger partial charge on any atom is -0.377 e. The first-order chi connectivity index (χ1) is 10.2. The minimum absolute atomic E-state index is 0.240. The van der Waals surface area contributed by atoms with Crippen LogP contribution in [0.25, 0.3) is 0 Å². The lowest BCUT2D eigenvalue weighted by Gasteiger charge is -2.10. The van der Waals surface area contributed by atoms with Gasteiger partial charge < -0.3 is 14.6 Å². The maximum atomic E-state index is 11.9. The molecule has 0 saturated heterocycles. The maximum Gasteiger partial charge on any atom is 0.273 e. The van der Waals surface area contributed by atoms with Gasteiger partial charge in [-0.25, -0.2) is 0 Å². The summed E-state index contributed by atoms with van der Waals surface area (Å²) in [6.45, 7) is 5.56. The van der Waals surface area contributed by atoms with Gasteiger partial charge in [0, 0.05) is 19.2 Å². The van der Waals surface area contributed by atoms with Gasteiger partial charge in [0.05, 0.1) is 6.61 Å². The number of nitrogens with one attached hydrogen (secondary N) is 1. The van der Waals surface area contributed by atoms with Crippen LogP contribution in [0.5, 0.6) is 0 Å². The second kappa shape index (κ2) is 7.59. The lowest BCUT2D eigenvalue weighted by molar-refractivity contribution is 0.0940. The summed E-state index contributed by atoms with van der Waals surface area (Å²) in [5.41, 5.74) is 2.43. The van der Waals surface area contributed by atoms with Crippen LogP contribution in [0.3, 0.4) is 0 Å². The van der Waals surface area contributed by atoms with Gasteiger partial charge in [0.25, 0.3) is 5.91 Å². The van der Waals surface area contributed by atoms with E-state index in [2.05, 4.69) is 17.4 Å². The first-order valence-electron chi connectivity index (χ1n) is 7.06. The summed E-state index contributed by atoms with van der Waals surface area (Å²) in [4.78, 5) is 11.9. The number of carbonyl (C=O) groups excluding carboxylic acids is 1. The quantitative estimate of drug-likeness (QED) is 0.796. The van der Waals surface area contributed by atoms with E-state index in [1.54, 1.807) is 13.0 Å². The molecule has 1 aromatic carbocycles. The molecule has 2 rings (SSSR count). The van der Waals surface area contributed by atoms with Crippen molar-refractivity contribution in [1.29, 1.82) is 0 Å². The van der Waals surface area contributed by atoms with Crippen LogP contribution in [0.4, 0.5) is 0 Å². The Bertz CT molecular complexity index is 593. The molecule has 0 bridgehead atoms. The average molecular weight is 288 g/mol. The molecule has 1 N–H and O–H groups in total. The Hall–Kier alpha value is -2.14. The van der Waals surface area contributed by atoms with Crippen LogP contribution in [0, 0.1) is 6.92 Å². The average Bonchev–Trinajstić information content (AvgIpc) is 2.93. The Morgan fingerprint density at radius 1 is 1.33 bits per heavy atom. The third-order valence-corrected chi connectivity index (χ3v) is 3.02. The number of hydrogen-bond acceptors (Lipinski definition) is 4. The fourth-order valence-electron chi connectivity index (χ4n) is 1.94. The second-order valence-corrected chi connectivity index (χ2v) is 4.83. The van der Waals surface area contributed by atoms with Gasteiger partial charge in [-0.3, -0.25) is 4.79 Å². The van der Waals surface area contributed by atoms with Crippen LogP contribution >= 0.6 is 0 Å². The Labute approximate surface area is 124 Å². The number of amides is 1. The number of aromatic nitrogens is 1. The van der Waals surface area contributed by atoms with Crippen molar-refractivity contribution in [2.45, 2.75) is 33.4 Å². The van der Waals surface area contributed by atoms with E-state index in [0.29, 0.717) is 24.6 Å². The molecule has 0 aliphatic rings. The molecule has 0 radical (unpaired) electrons. The van der Waals surface area contributed by atoms with E-state index in [-0.39, 0.29) is 5.91 Å². The molecule has 2 aromatic rings. The number of aryl methyl sites for hydroxylation is 1. The molecule has 5 heteroatoms. The molecule has 0 spiro atoms. The Kier molecular flexibility index (Phi) is 5.51. The number of ether oxygens (including phenoxy) is 1. The van der Waals surface area contributed by atoms with Gasteiger partial charge in [-0.1, -0.05) is 36.3 Å². The monoisotopic (exact) mass is 288 g/mol. The summed E-state index contributed by atoms with van der Waals surface area (Å²) in [7, 11) is 0. The normalized spacial score (nSPS) is 10.6. The van der Waals surface area contributed by atoms with Crippen LogP contribution in [0.2, 0.25) is 0 Å². The third-order valence-electron chi connectivity index (χ3n) is 3.02. The second-order valence-electron chi connectivity index (χ2n) is 4.83. The standard InChI is InChI=1S/C16H20N2O3/c1-3-8-20-11-14-7-5-4-6-13(14)10-17-16(19)15-9-12(2)21-18-15/h4-7,9H,3,8,10-11H2,1-2H3,(H,17,19). The van der Waals surface area contributed by atoms with Gasteiger partial charge in [0.15, 0.2) is 5.69 Å². The zero-order valence-electron chi connectivity index (χ0n) is 12.4. The van der Waals surface area contributed by atoms with Gasteiger partial charge in [-0.2, -0.15) is 0 Å². The highest BCUT2D eigenvalue weighted by Gasteiger charge is 2.11. The molecule has 5 nitrogen and oxygen atoms in total. The summed E-state index contributed by atoms with van der Waals surface area (Å²) in [5.74, 6) is 0.379. The van der Waals surface area contributed by atoms with Crippen molar-refractivity contribution in [2.75, 3.05) is 6.61 Å². The van der Waals surface area contributed by atoms with Crippen LogP contribution in [0.1, 0.15) is 40.7 Å². The van der Waals surface area contributed by atoms with Crippen molar-refractivity contribution < 1.29 is 14.1 Å². The number of carbonyl (C=O) groups is 1. The van der Waals surface area contributed by atoms with Crippen LogP contribution in [-0.2, 0) is 17.9 Å². The predicted molar refractivity (Wildman–Crippen MR) is 78.8 cm³/mol. The Morgan fingerprint density at radius 3 is 2.76 bits per heavy atom. The maximum absolute atomic E-state index is 11.9. The summed E-state index contributed by atoms with van der Waals surface area (Å²) in [6, 6.07) is 9.53. The van der Waals surface area contributed by atoms with Crippen molar-refractivity contribution in [3.63, 3.8) is 0 Å². The molecule has 0 aliphatic carbocycles.